The Labute approximate surface area is 91.8 Å². The lowest BCUT2D eigenvalue weighted by atomic mass is 10.1. The molecule has 0 spiro atoms. The summed E-state index contributed by atoms with van der Waals surface area (Å²) in [4.78, 5) is 7.02. The van der Waals surface area contributed by atoms with Gasteiger partial charge in [-0.2, -0.15) is 0 Å². The quantitative estimate of drug-likeness (QED) is 0.747. The summed E-state index contributed by atoms with van der Waals surface area (Å²) in [7, 11) is 0. The zero-order chi connectivity index (χ0) is 10.8. The van der Waals surface area contributed by atoms with Gasteiger partial charge in [0, 0.05) is 18.0 Å². The van der Waals surface area contributed by atoms with E-state index in [1.807, 2.05) is 6.92 Å². The van der Waals surface area contributed by atoms with Crippen molar-refractivity contribution in [2.75, 3.05) is 0 Å². The summed E-state index contributed by atoms with van der Waals surface area (Å²) in [5.41, 5.74) is 2.30. The Morgan fingerprint density at radius 2 is 2.20 bits per heavy atom. The second-order valence-electron chi connectivity index (χ2n) is 3.23. The van der Waals surface area contributed by atoms with Crippen molar-refractivity contribution >= 4 is 12.2 Å². The van der Waals surface area contributed by atoms with E-state index in [9.17, 15) is 4.39 Å². The molecule has 1 aromatic carbocycles. The second-order valence-corrected chi connectivity index (χ2v) is 3.63. The van der Waals surface area contributed by atoms with Crippen LogP contribution in [0.5, 0.6) is 0 Å². The average molecular weight is 220 g/mol. The zero-order valence-electron chi connectivity index (χ0n) is 8.12. The van der Waals surface area contributed by atoms with Crippen molar-refractivity contribution in [3.8, 4) is 11.3 Å². The minimum atomic E-state index is -0.282. The van der Waals surface area contributed by atoms with Gasteiger partial charge in [0.1, 0.15) is 16.2 Å². The Hall–Kier alpha value is -1.55. The van der Waals surface area contributed by atoms with Crippen LogP contribution in [0.2, 0.25) is 0 Å². The molecule has 2 rings (SSSR count). The van der Waals surface area contributed by atoms with Crippen molar-refractivity contribution < 1.29 is 4.39 Å². The number of halogens is 1. The molecular formula is C11H9FN2S. The smallest absolute Gasteiger partial charge is 0.129 e. The third-order valence-electron chi connectivity index (χ3n) is 2.16. The number of nitrogens with zero attached hydrogens (tertiary/aromatic N) is 1. The standard InChI is InChI=1S/C11H9FN2S/c1-7-2-3-8(12)6-9(7)10-11(15)14-5-4-13-10/h2-6H,1H3,(H,14,15). The van der Waals surface area contributed by atoms with Gasteiger partial charge in [0.2, 0.25) is 0 Å². The van der Waals surface area contributed by atoms with Crippen LogP contribution in [0.1, 0.15) is 5.56 Å². The van der Waals surface area contributed by atoms with E-state index in [2.05, 4.69) is 9.97 Å². The molecular weight excluding hydrogens is 211 g/mol. The molecule has 2 aromatic rings. The summed E-state index contributed by atoms with van der Waals surface area (Å²) in [5.74, 6) is -0.282. The van der Waals surface area contributed by atoms with Crippen LogP contribution in [-0.4, -0.2) is 9.97 Å². The highest BCUT2D eigenvalue weighted by molar-refractivity contribution is 7.71. The Kier molecular flexibility index (Phi) is 2.60. The topological polar surface area (TPSA) is 28.7 Å². The van der Waals surface area contributed by atoms with Crippen LogP contribution < -0.4 is 0 Å². The lowest BCUT2D eigenvalue weighted by molar-refractivity contribution is 0.628. The van der Waals surface area contributed by atoms with Crippen molar-refractivity contribution in [2.24, 2.45) is 0 Å². The van der Waals surface area contributed by atoms with Gasteiger partial charge in [0.15, 0.2) is 0 Å². The molecule has 0 bridgehead atoms. The van der Waals surface area contributed by atoms with Crippen molar-refractivity contribution in [3.63, 3.8) is 0 Å². The van der Waals surface area contributed by atoms with Crippen LogP contribution in [0, 0.1) is 17.4 Å². The minimum Gasteiger partial charge on any atom is -0.350 e. The van der Waals surface area contributed by atoms with Crippen LogP contribution >= 0.6 is 12.2 Å². The van der Waals surface area contributed by atoms with Crippen LogP contribution in [0.3, 0.4) is 0 Å². The first-order valence-corrected chi connectivity index (χ1v) is 4.89. The van der Waals surface area contributed by atoms with E-state index in [0.717, 1.165) is 11.1 Å². The summed E-state index contributed by atoms with van der Waals surface area (Å²) >= 11 is 5.10. The number of H-pyrrole nitrogens is 1. The average Bonchev–Trinajstić information content (AvgIpc) is 2.23. The van der Waals surface area contributed by atoms with E-state index in [4.69, 9.17) is 12.2 Å². The maximum atomic E-state index is 13.1. The van der Waals surface area contributed by atoms with Gasteiger partial charge >= 0.3 is 0 Å². The predicted molar refractivity (Wildman–Crippen MR) is 59.6 cm³/mol. The van der Waals surface area contributed by atoms with Gasteiger partial charge in [-0.25, -0.2) is 4.39 Å². The minimum absolute atomic E-state index is 0.282. The van der Waals surface area contributed by atoms with Crippen molar-refractivity contribution in [1.29, 1.82) is 0 Å². The first-order chi connectivity index (χ1) is 7.18. The third kappa shape index (κ3) is 1.94. The van der Waals surface area contributed by atoms with Crippen molar-refractivity contribution in [1.82, 2.24) is 9.97 Å². The molecule has 0 fully saturated rings. The summed E-state index contributed by atoms with van der Waals surface area (Å²) in [6.45, 7) is 1.90. The molecule has 0 atom stereocenters. The highest BCUT2D eigenvalue weighted by Crippen LogP contribution is 2.22. The maximum Gasteiger partial charge on any atom is 0.129 e. The molecule has 0 saturated carbocycles. The van der Waals surface area contributed by atoms with E-state index in [-0.39, 0.29) is 5.82 Å². The van der Waals surface area contributed by atoms with Gasteiger partial charge in [-0.15, -0.1) is 0 Å². The third-order valence-corrected chi connectivity index (χ3v) is 2.47. The fourth-order valence-corrected chi connectivity index (χ4v) is 1.62. The number of aryl methyl sites for hydroxylation is 1. The molecule has 76 valence electrons. The van der Waals surface area contributed by atoms with Gasteiger partial charge in [-0.3, -0.25) is 4.98 Å². The van der Waals surface area contributed by atoms with Crippen LogP contribution in [0.15, 0.2) is 30.6 Å². The number of rotatable bonds is 1. The molecule has 4 heteroatoms. The first kappa shape index (κ1) is 9.98. The van der Waals surface area contributed by atoms with Crippen molar-refractivity contribution in [3.05, 3.63) is 46.6 Å². The lowest BCUT2D eigenvalue weighted by Crippen LogP contribution is -1.90. The lowest BCUT2D eigenvalue weighted by Gasteiger charge is -2.04. The van der Waals surface area contributed by atoms with Crippen LogP contribution in [0.25, 0.3) is 11.3 Å². The molecule has 0 radical (unpaired) electrons. The van der Waals surface area contributed by atoms with E-state index < -0.39 is 0 Å². The first-order valence-electron chi connectivity index (χ1n) is 4.48. The Balaban J connectivity index is 2.69. The van der Waals surface area contributed by atoms with E-state index >= 15 is 0 Å². The highest BCUT2D eigenvalue weighted by atomic mass is 32.1. The second kappa shape index (κ2) is 3.90. The summed E-state index contributed by atoms with van der Waals surface area (Å²) < 4.78 is 13.6. The number of aromatic amines is 1. The molecule has 1 N–H and O–H groups in total. The van der Waals surface area contributed by atoms with Gasteiger partial charge in [0.25, 0.3) is 0 Å². The molecule has 2 nitrogen and oxygen atoms in total. The number of benzene rings is 1. The van der Waals surface area contributed by atoms with Gasteiger partial charge in [-0.05, 0) is 24.6 Å². The zero-order valence-corrected chi connectivity index (χ0v) is 8.94. The SMILES string of the molecule is Cc1ccc(F)cc1-c1ncc[nH]c1=S. The summed E-state index contributed by atoms with van der Waals surface area (Å²) in [6.07, 6.45) is 3.26. The largest absolute Gasteiger partial charge is 0.350 e. The normalized spacial score (nSPS) is 10.3. The molecule has 15 heavy (non-hydrogen) atoms. The molecule has 1 heterocycles. The van der Waals surface area contributed by atoms with Crippen molar-refractivity contribution in [2.45, 2.75) is 6.92 Å². The Morgan fingerprint density at radius 1 is 1.40 bits per heavy atom. The molecule has 0 unspecified atom stereocenters. The number of hydrogen-bond acceptors (Lipinski definition) is 2. The molecule has 0 aliphatic rings. The number of aromatic nitrogens is 2. The molecule has 0 aliphatic heterocycles. The molecule has 1 aromatic heterocycles. The van der Waals surface area contributed by atoms with E-state index in [1.54, 1.807) is 18.5 Å². The molecule has 0 aliphatic carbocycles. The molecule has 0 saturated heterocycles. The number of hydrogen-bond donors (Lipinski definition) is 1. The van der Waals surface area contributed by atoms with Gasteiger partial charge in [-0.1, -0.05) is 18.3 Å². The highest BCUT2D eigenvalue weighted by Gasteiger charge is 2.06. The monoisotopic (exact) mass is 220 g/mol. The summed E-state index contributed by atoms with van der Waals surface area (Å²) in [5, 5.41) is 0. The van der Waals surface area contributed by atoms with Gasteiger partial charge in [0.05, 0.1) is 0 Å². The number of nitrogens with one attached hydrogen (secondary N) is 1. The van der Waals surface area contributed by atoms with E-state index in [1.165, 1.54) is 12.1 Å². The molecule has 0 amide bonds. The summed E-state index contributed by atoms with van der Waals surface area (Å²) in [6, 6.07) is 4.59. The predicted octanol–water partition coefficient (Wildman–Crippen LogP) is 3.25. The van der Waals surface area contributed by atoms with Gasteiger partial charge < -0.3 is 4.98 Å². The van der Waals surface area contributed by atoms with Crippen LogP contribution in [-0.2, 0) is 0 Å². The fraction of sp³-hybridized carbons (Fsp3) is 0.0909. The fourth-order valence-electron chi connectivity index (χ4n) is 1.39. The van der Waals surface area contributed by atoms with Crippen LogP contribution in [0.4, 0.5) is 4.39 Å². The maximum absolute atomic E-state index is 13.1. The Bertz CT molecular complexity index is 548. The van der Waals surface area contributed by atoms with E-state index in [0.29, 0.717) is 10.3 Å². The Morgan fingerprint density at radius 3 is 2.93 bits per heavy atom.